The Kier molecular flexibility index (Phi) is 5.72. The van der Waals surface area contributed by atoms with Gasteiger partial charge in [0.05, 0.1) is 6.61 Å². The lowest BCUT2D eigenvalue weighted by molar-refractivity contribution is -0.138. The van der Waals surface area contributed by atoms with Crippen LogP contribution in [0.4, 0.5) is 5.69 Å². The first-order valence-corrected chi connectivity index (χ1v) is 8.92. The summed E-state index contributed by atoms with van der Waals surface area (Å²) in [5.41, 5.74) is 4.30. The molecule has 0 radical (unpaired) electrons. The first kappa shape index (κ1) is 18.5. The molecule has 0 saturated heterocycles. The van der Waals surface area contributed by atoms with E-state index in [1.54, 1.807) is 25.3 Å². The summed E-state index contributed by atoms with van der Waals surface area (Å²) in [6.07, 6.45) is 6.12. The van der Waals surface area contributed by atoms with E-state index in [4.69, 9.17) is 14.7 Å². The summed E-state index contributed by atoms with van der Waals surface area (Å²) in [6, 6.07) is 9.37. The fourth-order valence-corrected chi connectivity index (χ4v) is 3.13. The molecule has 27 heavy (non-hydrogen) atoms. The van der Waals surface area contributed by atoms with Crippen molar-refractivity contribution in [3.05, 3.63) is 58.9 Å². The second kappa shape index (κ2) is 8.37. The number of carbonyl (C=O) groups is 1. The molecule has 0 aliphatic heterocycles. The van der Waals surface area contributed by atoms with Crippen LogP contribution in [-0.4, -0.2) is 17.6 Å². The summed E-state index contributed by atoms with van der Waals surface area (Å²) in [5.74, 6) is 0.507. The summed E-state index contributed by atoms with van der Waals surface area (Å²) in [4.78, 5) is 16.0. The minimum atomic E-state index is -0.671. The van der Waals surface area contributed by atoms with Gasteiger partial charge < -0.3 is 14.8 Å². The van der Waals surface area contributed by atoms with E-state index in [9.17, 15) is 4.79 Å². The highest BCUT2D eigenvalue weighted by molar-refractivity contribution is 5.93. The molecule has 6 nitrogen and oxygen atoms in total. The number of benzene rings is 1. The molecule has 1 aliphatic rings. The maximum absolute atomic E-state index is 11.7. The Bertz CT molecular complexity index is 929. The van der Waals surface area contributed by atoms with Crippen LogP contribution in [-0.2, 0) is 22.4 Å². The van der Waals surface area contributed by atoms with Crippen molar-refractivity contribution < 1.29 is 14.3 Å². The second-order valence-electron chi connectivity index (χ2n) is 6.18. The van der Waals surface area contributed by atoms with Gasteiger partial charge in [-0.05, 0) is 68.0 Å². The van der Waals surface area contributed by atoms with E-state index in [-0.39, 0.29) is 12.2 Å². The summed E-state index contributed by atoms with van der Waals surface area (Å²) in [5, 5.41) is 12.1. The molecule has 1 heterocycles. The fourth-order valence-electron chi connectivity index (χ4n) is 3.13. The van der Waals surface area contributed by atoms with E-state index in [1.165, 1.54) is 22.9 Å². The van der Waals surface area contributed by atoms with Crippen molar-refractivity contribution in [2.24, 2.45) is 0 Å². The van der Waals surface area contributed by atoms with Crippen molar-refractivity contribution in [2.75, 3.05) is 11.9 Å². The molecular weight excluding hydrogens is 342 g/mol. The summed E-state index contributed by atoms with van der Waals surface area (Å²) in [6.45, 7) is 4.01. The number of nitrogens with zero attached hydrogens (tertiary/aromatic N) is 2. The number of nitrogens with one attached hydrogen (secondary N) is 1. The van der Waals surface area contributed by atoms with Crippen molar-refractivity contribution in [3.63, 3.8) is 0 Å². The van der Waals surface area contributed by atoms with E-state index in [2.05, 4.69) is 23.3 Å². The Morgan fingerprint density at radius 2 is 2.15 bits per heavy atom. The normalized spacial score (nSPS) is 12.9. The predicted molar refractivity (Wildman–Crippen MR) is 101 cm³/mol. The van der Waals surface area contributed by atoms with Gasteiger partial charge in [-0.2, -0.15) is 5.26 Å². The van der Waals surface area contributed by atoms with Gasteiger partial charge in [-0.25, -0.2) is 9.78 Å². The molecule has 0 spiro atoms. The van der Waals surface area contributed by atoms with Crippen molar-refractivity contribution >= 4 is 11.7 Å². The molecule has 0 atom stereocenters. The van der Waals surface area contributed by atoms with Gasteiger partial charge in [0.2, 0.25) is 5.88 Å². The first-order chi connectivity index (χ1) is 13.1. The maximum Gasteiger partial charge on any atom is 0.350 e. The maximum atomic E-state index is 11.7. The number of hydrogen-bond acceptors (Lipinski definition) is 6. The van der Waals surface area contributed by atoms with Crippen LogP contribution in [0.5, 0.6) is 11.6 Å². The monoisotopic (exact) mass is 363 g/mol. The van der Waals surface area contributed by atoms with Gasteiger partial charge >= 0.3 is 5.97 Å². The van der Waals surface area contributed by atoms with E-state index < -0.39 is 5.97 Å². The van der Waals surface area contributed by atoms with Crippen LogP contribution in [0.15, 0.2) is 42.2 Å². The Labute approximate surface area is 158 Å². The smallest absolute Gasteiger partial charge is 0.350 e. The zero-order valence-electron chi connectivity index (χ0n) is 15.4. The molecule has 2 aromatic rings. The largest absolute Gasteiger partial charge is 0.462 e. The lowest BCUT2D eigenvalue weighted by Gasteiger charge is -2.14. The number of aryl methyl sites for hydroxylation is 1. The molecule has 3 rings (SSSR count). The van der Waals surface area contributed by atoms with E-state index in [0.717, 1.165) is 25.0 Å². The minimum Gasteiger partial charge on any atom is -0.462 e. The number of pyridine rings is 1. The predicted octanol–water partition coefficient (Wildman–Crippen LogP) is 4.05. The summed E-state index contributed by atoms with van der Waals surface area (Å²) in [7, 11) is 0. The molecule has 0 saturated carbocycles. The van der Waals surface area contributed by atoms with Crippen molar-refractivity contribution in [3.8, 4) is 17.7 Å². The fraction of sp³-hybridized carbons (Fsp3) is 0.286. The van der Waals surface area contributed by atoms with Crippen LogP contribution in [0.2, 0.25) is 0 Å². The number of carbonyl (C=O) groups excluding carboxylic acids is 1. The average molecular weight is 363 g/mol. The molecule has 138 valence electrons. The SMILES string of the molecule is CCOC(=O)C(C#N)=CNc1cccnc1Oc1ccc(C)c2c1CCC2. The van der Waals surface area contributed by atoms with Crippen molar-refractivity contribution in [1.29, 1.82) is 5.26 Å². The molecule has 1 aromatic carbocycles. The Hall–Kier alpha value is -3.33. The standard InChI is InChI=1S/C21H21N3O3/c1-3-26-21(25)15(12-22)13-24-18-8-5-11-23-20(18)27-19-10-9-14(2)16-6-4-7-17(16)19/h5,8-11,13,24H,3-4,6-7H2,1-2H3. The molecule has 0 fully saturated rings. The van der Waals surface area contributed by atoms with Gasteiger partial charge in [0.25, 0.3) is 0 Å². The van der Waals surface area contributed by atoms with Crippen LogP contribution >= 0.6 is 0 Å². The van der Waals surface area contributed by atoms with Gasteiger partial charge in [-0.1, -0.05) is 6.07 Å². The molecule has 1 aliphatic carbocycles. The third-order valence-electron chi connectivity index (χ3n) is 4.44. The number of fused-ring (bicyclic) bond motifs is 1. The Morgan fingerprint density at radius 3 is 2.93 bits per heavy atom. The highest BCUT2D eigenvalue weighted by atomic mass is 16.5. The molecule has 0 bridgehead atoms. The molecule has 0 unspecified atom stereocenters. The molecule has 1 aromatic heterocycles. The van der Waals surface area contributed by atoms with Crippen molar-refractivity contribution in [1.82, 2.24) is 4.98 Å². The zero-order chi connectivity index (χ0) is 19.2. The minimum absolute atomic E-state index is 0.122. The zero-order valence-corrected chi connectivity index (χ0v) is 15.4. The number of rotatable bonds is 6. The third kappa shape index (κ3) is 4.09. The summed E-state index contributed by atoms with van der Waals surface area (Å²) >= 11 is 0. The van der Waals surface area contributed by atoms with Crippen molar-refractivity contribution in [2.45, 2.75) is 33.1 Å². The van der Waals surface area contributed by atoms with Gasteiger partial charge in [0.15, 0.2) is 5.57 Å². The van der Waals surface area contributed by atoms with Gasteiger partial charge in [-0.3, -0.25) is 0 Å². The Balaban J connectivity index is 1.85. The topological polar surface area (TPSA) is 84.2 Å². The van der Waals surface area contributed by atoms with E-state index in [0.29, 0.717) is 11.6 Å². The number of ether oxygens (including phenoxy) is 2. The van der Waals surface area contributed by atoms with Crippen LogP contribution in [0.1, 0.15) is 30.0 Å². The van der Waals surface area contributed by atoms with E-state index >= 15 is 0 Å². The quantitative estimate of drug-likeness (QED) is 0.473. The lowest BCUT2D eigenvalue weighted by Crippen LogP contribution is -2.08. The Morgan fingerprint density at radius 1 is 1.33 bits per heavy atom. The van der Waals surface area contributed by atoms with Crippen LogP contribution in [0, 0.1) is 18.3 Å². The average Bonchev–Trinajstić information content (AvgIpc) is 3.17. The van der Waals surface area contributed by atoms with Crippen LogP contribution in [0.3, 0.4) is 0 Å². The highest BCUT2D eigenvalue weighted by Crippen LogP contribution is 2.36. The second-order valence-corrected chi connectivity index (χ2v) is 6.18. The van der Waals surface area contributed by atoms with Gasteiger partial charge in [-0.15, -0.1) is 0 Å². The molecule has 0 amide bonds. The number of aromatic nitrogens is 1. The van der Waals surface area contributed by atoms with Gasteiger partial charge in [0.1, 0.15) is 17.5 Å². The van der Waals surface area contributed by atoms with E-state index in [1.807, 2.05) is 12.1 Å². The first-order valence-electron chi connectivity index (χ1n) is 8.92. The number of esters is 1. The number of hydrogen-bond donors (Lipinski definition) is 1. The molecular formula is C21H21N3O3. The van der Waals surface area contributed by atoms with Crippen LogP contribution in [0.25, 0.3) is 0 Å². The lowest BCUT2D eigenvalue weighted by atomic mass is 10.0. The molecule has 1 N–H and O–H groups in total. The van der Waals surface area contributed by atoms with Gasteiger partial charge in [0, 0.05) is 12.4 Å². The highest BCUT2D eigenvalue weighted by Gasteiger charge is 2.19. The van der Waals surface area contributed by atoms with Crippen LogP contribution < -0.4 is 10.1 Å². The third-order valence-corrected chi connectivity index (χ3v) is 4.44. The summed E-state index contributed by atoms with van der Waals surface area (Å²) < 4.78 is 10.9. The number of nitriles is 1. The number of anilines is 1. The molecule has 6 heteroatoms.